The zero-order valence-corrected chi connectivity index (χ0v) is 13.3. The van der Waals surface area contributed by atoms with E-state index in [0.29, 0.717) is 6.04 Å². The second-order valence-electron chi connectivity index (χ2n) is 4.88. The molecular formula is C17H20BrN. The van der Waals surface area contributed by atoms with Crippen LogP contribution in [0, 0.1) is 6.92 Å². The van der Waals surface area contributed by atoms with E-state index >= 15 is 0 Å². The molecule has 1 nitrogen and oxygen atoms in total. The van der Waals surface area contributed by atoms with Gasteiger partial charge in [0.05, 0.1) is 0 Å². The van der Waals surface area contributed by atoms with Crippen molar-refractivity contribution in [1.82, 2.24) is 0 Å². The Hall–Kier alpha value is -1.28. The molecule has 1 unspecified atom stereocenters. The van der Waals surface area contributed by atoms with E-state index in [0.717, 1.165) is 10.9 Å². The van der Waals surface area contributed by atoms with E-state index in [1.807, 2.05) is 0 Å². The largest absolute Gasteiger partial charge is 0.378 e. The molecule has 2 heteroatoms. The van der Waals surface area contributed by atoms with Crippen molar-refractivity contribution < 1.29 is 0 Å². The minimum atomic E-state index is 0.295. The van der Waals surface area contributed by atoms with Crippen LogP contribution in [0.25, 0.3) is 0 Å². The molecule has 0 spiro atoms. The fourth-order valence-electron chi connectivity index (χ4n) is 2.31. The molecule has 2 aromatic carbocycles. The maximum absolute atomic E-state index is 3.65. The molecule has 100 valence electrons. The van der Waals surface area contributed by atoms with Gasteiger partial charge in [-0.2, -0.15) is 0 Å². The normalized spacial score (nSPS) is 12.2. The Morgan fingerprint density at radius 2 is 1.89 bits per heavy atom. The van der Waals surface area contributed by atoms with E-state index in [1.165, 1.54) is 22.4 Å². The average Bonchev–Trinajstić information content (AvgIpc) is 2.41. The third-order valence-electron chi connectivity index (χ3n) is 3.45. The Labute approximate surface area is 124 Å². The van der Waals surface area contributed by atoms with Gasteiger partial charge in [0.2, 0.25) is 0 Å². The number of aryl methyl sites for hydroxylation is 2. The SMILES string of the molecule is CCc1cccc(C)c1NC(C)c1cccc(Br)c1. The first-order chi connectivity index (χ1) is 9.11. The van der Waals surface area contributed by atoms with Crippen LogP contribution < -0.4 is 5.32 Å². The summed E-state index contributed by atoms with van der Waals surface area (Å²) in [5, 5.41) is 3.65. The van der Waals surface area contributed by atoms with E-state index in [-0.39, 0.29) is 0 Å². The predicted molar refractivity (Wildman–Crippen MR) is 86.7 cm³/mol. The van der Waals surface area contributed by atoms with Crippen molar-refractivity contribution in [2.45, 2.75) is 33.2 Å². The Balaban J connectivity index is 2.26. The van der Waals surface area contributed by atoms with Crippen LogP contribution in [0.4, 0.5) is 5.69 Å². The molecule has 0 amide bonds. The monoisotopic (exact) mass is 317 g/mol. The fourth-order valence-corrected chi connectivity index (χ4v) is 2.72. The smallest absolute Gasteiger partial charge is 0.0486 e. The third kappa shape index (κ3) is 3.38. The summed E-state index contributed by atoms with van der Waals surface area (Å²) >= 11 is 3.53. The molecule has 1 N–H and O–H groups in total. The highest BCUT2D eigenvalue weighted by Crippen LogP contribution is 2.27. The van der Waals surface area contributed by atoms with Gasteiger partial charge in [-0.15, -0.1) is 0 Å². The lowest BCUT2D eigenvalue weighted by Gasteiger charge is -2.20. The van der Waals surface area contributed by atoms with Gasteiger partial charge in [0, 0.05) is 16.2 Å². The van der Waals surface area contributed by atoms with Gasteiger partial charge in [-0.05, 0) is 49.1 Å². The Morgan fingerprint density at radius 3 is 2.58 bits per heavy atom. The Kier molecular flexibility index (Phi) is 4.65. The molecule has 0 aliphatic heterocycles. The highest BCUT2D eigenvalue weighted by Gasteiger charge is 2.09. The summed E-state index contributed by atoms with van der Waals surface area (Å²) in [5.74, 6) is 0. The number of nitrogens with one attached hydrogen (secondary N) is 1. The van der Waals surface area contributed by atoms with Gasteiger partial charge in [0.25, 0.3) is 0 Å². The van der Waals surface area contributed by atoms with Crippen molar-refractivity contribution in [2.75, 3.05) is 5.32 Å². The standard InChI is InChI=1S/C17H20BrN/c1-4-14-8-5-7-12(2)17(14)19-13(3)15-9-6-10-16(18)11-15/h5-11,13,19H,4H2,1-3H3. The van der Waals surface area contributed by atoms with Crippen molar-refractivity contribution in [2.24, 2.45) is 0 Å². The van der Waals surface area contributed by atoms with Crippen LogP contribution in [0.2, 0.25) is 0 Å². The molecular weight excluding hydrogens is 298 g/mol. The predicted octanol–water partition coefficient (Wildman–Crippen LogP) is 5.49. The molecule has 0 saturated carbocycles. The summed E-state index contributed by atoms with van der Waals surface area (Å²) < 4.78 is 1.12. The van der Waals surface area contributed by atoms with Gasteiger partial charge in [-0.1, -0.05) is 53.2 Å². The summed E-state index contributed by atoms with van der Waals surface area (Å²) in [5.41, 5.74) is 5.25. The number of para-hydroxylation sites is 1. The van der Waals surface area contributed by atoms with Crippen LogP contribution in [-0.2, 0) is 6.42 Å². The minimum Gasteiger partial charge on any atom is -0.378 e. The number of rotatable bonds is 4. The van der Waals surface area contributed by atoms with Gasteiger partial charge < -0.3 is 5.32 Å². The van der Waals surface area contributed by atoms with Crippen LogP contribution in [0.5, 0.6) is 0 Å². The Bertz CT molecular complexity index is 563. The molecule has 2 aromatic rings. The summed E-state index contributed by atoms with van der Waals surface area (Å²) in [6.45, 7) is 6.56. The second kappa shape index (κ2) is 6.25. The topological polar surface area (TPSA) is 12.0 Å². The van der Waals surface area contributed by atoms with Crippen LogP contribution >= 0.6 is 15.9 Å². The number of hydrogen-bond donors (Lipinski definition) is 1. The summed E-state index contributed by atoms with van der Waals surface area (Å²) in [4.78, 5) is 0. The Morgan fingerprint density at radius 1 is 1.16 bits per heavy atom. The molecule has 0 bridgehead atoms. The van der Waals surface area contributed by atoms with Crippen LogP contribution in [0.1, 0.15) is 36.6 Å². The quantitative estimate of drug-likeness (QED) is 0.785. The van der Waals surface area contributed by atoms with E-state index in [4.69, 9.17) is 0 Å². The first-order valence-corrected chi connectivity index (χ1v) is 7.51. The van der Waals surface area contributed by atoms with Gasteiger partial charge in [0.1, 0.15) is 0 Å². The summed E-state index contributed by atoms with van der Waals surface area (Å²) in [6, 6.07) is 15.2. The highest BCUT2D eigenvalue weighted by molar-refractivity contribution is 9.10. The number of halogens is 1. The summed E-state index contributed by atoms with van der Waals surface area (Å²) in [6.07, 6.45) is 1.05. The zero-order valence-electron chi connectivity index (χ0n) is 11.7. The van der Waals surface area contributed by atoms with Crippen molar-refractivity contribution in [3.63, 3.8) is 0 Å². The molecule has 0 radical (unpaired) electrons. The minimum absolute atomic E-state index is 0.295. The van der Waals surface area contributed by atoms with Crippen LogP contribution in [0.3, 0.4) is 0 Å². The van der Waals surface area contributed by atoms with E-state index in [9.17, 15) is 0 Å². The molecule has 1 atom stereocenters. The lowest BCUT2D eigenvalue weighted by molar-refractivity contribution is 0.876. The molecule has 0 aliphatic carbocycles. The average molecular weight is 318 g/mol. The molecule has 0 saturated heterocycles. The van der Waals surface area contributed by atoms with Crippen molar-refractivity contribution in [1.29, 1.82) is 0 Å². The maximum atomic E-state index is 3.65. The molecule has 0 aliphatic rings. The van der Waals surface area contributed by atoms with Crippen LogP contribution in [0.15, 0.2) is 46.9 Å². The van der Waals surface area contributed by atoms with Gasteiger partial charge >= 0.3 is 0 Å². The third-order valence-corrected chi connectivity index (χ3v) is 3.94. The van der Waals surface area contributed by atoms with Gasteiger partial charge in [0.15, 0.2) is 0 Å². The number of hydrogen-bond acceptors (Lipinski definition) is 1. The first-order valence-electron chi connectivity index (χ1n) is 6.72. The van der Waals surface area contributed by atoms with Crippen molar-refractivity contribution in [3.05, 3.63) is 63.6 Å². The lowest BCUT2D eigenvalue weighted by Crippen LogP contribution is -2.09. The highest BCUT2D eigenvalue weighted by atomic mass is 79.9. The molecule has 2 rings (SSSR count). The summed E-state index contributed by atoms with van der Waals surface area (Å²) in [7, 11) is 0. The molecule has 0 fully saturated rings. The van der Waals surface area contributed by atoms with Crippen LogP contribution in [-0.4, -0.2) is 0 Å². The van der Waals surface area contributed by atoms with Gasteiger partial charge in [-0.25, -0.2) is 0 Å². The molecule has 0 aromatic heterocycles. The zero-order chi connectivity index (χ0) is 13.8. The number of benzene rings is 2. The number of anilines is 1. The van der Waals surface area contributed by atoms with E-state index < -0.39 is 0 Å². The van der Waals surface area contributed by atoms with Gasteiger partial charge in [-0.3, -0.25) is 0 Å². The second-order valence-corrected chi connectivity index (χ2v) is 5.80. The van der Waals surface area contributed by atoms with Crippen molar-refractivity contribution >= 4 is 21.6 Å². The molecule has 0 heterocycles. The van der Waals surface area contributed by atoms with Crippen molar-refractivity contribution in [3.8, 4) is 0 Å². The van der Waals surface area contributed by atoms with E-state index in [2.05, 4.69) is 84.5 Å². The van der Waals surface area contributed by atoms with E-state index in [1.54, 1.807) is 0 Å². The maximum Gasteiger partial charge on any atom is 0.0486 e. The lowest BCUT2D eigenvalue weighted by atomic mass is 10.0. The molecule has 19 heavy (non-hydrogen) atoms. The fraction of sp³-hybridized carbons (Fsp3) is 0.294. The first kappa shape index (κ1) is 14.1.